The van der Waals surface area contributed by atoms with Crippen molar-refractivity contribution >= 4 is 40.2 Å². The fraction of sp³-hybridized carbons (Fsp3) is 0.812. The molecule has 2 nitrogen and oxygen atoms in total. The van der Waals surface area contributed by atoms with Gasteiger partial charge in [0.1, 0.15) is 0 Å². The number of carbonyl (C=O) groups is 1. The lowest BCUT2D eigenvalue weighted by Gasteiger charge is -2.44. The van der Waals surface area contributed by atoms with Crippen LogP contribution in [0.1, 0.15) is 12.8 Å². The Kier molecular flexibility index (Phi) is 7.23. The van der Waals surface area contributed by atoms with Crippen LogP contribution in [-0.4, -0.2) is 57.9 Å². The molecular weight excluding hydrogens is 690 g/mol. The highest BCUT2D eigenvalue weighted by atomic mass is 127. The Balaban J connectivity index is 2.66. The van der Waals surface area contributed by atoms with Crippen molar-refractivity contribution in [2.75, 3.05) is 0 Å². The van der Waals surface area contributed by atoms with Crippen LogP contribution < -0.4 is 0 Å². The second-order valence-electron chi connectivity index (χ2n) is 8.00. The molecule has 3 atom stereocenters. The van der Waals surface area contributed by atoms with Crippen LogP contribution in [0.4, 0.5) is 70.2 Å². The first kappa shape index (κ1) is 31.3. The molecule has 0 radical (unpaired) electrons. The predicted octanol–water partition coefficient (Wildman–Crippen LogP) is 7.69. The Morgan fingerprint density at radius 1 is 0.694 bits per heavy atom. The number of alkyl halides is 17. The Labute approximate surface area is 207 Å². The Morgan fingerprint density at radius 3 is 1.39 bits per heavy atom. The lowest BCUT2D eigenvalue weighted by Crippen LogP contribution is -2.74. The van der Waals surface area contributed by atoms with E-state index in [9.17, 15) is 75.0 Å². The summed E-state index contributed by atoms with van der Waals surface area (Å²) >= 11 is 4.33. The van der Waals surface area contributed by atoms with Crippen LogP contribution >= 0.6 is 34.2 Å². The lowest BCUT2D eigenvalue weighted by molar-refractivity contribution is -0.447. The minimum Gasteiger partial charge on any atom is -0.481 e. The van der Waals surface area contributed by atoms with Crippen LogP contribution in [-0.2, 0) is 4.79 Å². The highest BCUT2D eigenvalue weighted by molar-refractivity contribution is 14.1. The van der Waals surface area contributed by atoms with Gasteiger partial charge in [-0.15, -0.1) is 0 Å². The van der Waals surface area contributed by atoms with E-state index in [1.807, 2.05) is 0 Å². The van der Waals surface area contributed by atoms with E-state index in [4.69, 9.17) is 5.11 Å². The third kappa shape index (κ3) is 3.70. The zero-order valence-corrected chi connectivity index (χ0v) is 19.2. The maximum atomic E-state index is 14.6. The van der Waals surface area contributed by atoms with E-state index in [1.165, 1.54) is 0 Å². The molecule has 0 heterocycles. The molecule has 2 bridgehead atoms. The summed E-state index contributed by atoms with van der Waals surface area (Å²) in [6.07, 6.45) is -1.18. The van der Waals surface area contributed by atoms with Gasteiger partial charge in [0.05, 0.1) is 5.92 Å². The molecule has 0 aromatic rings. The van der Waals surface area contributed by atoms with E-state index in [0.29, 0.717) is 0 Å². The van der Waals surface area contributed by atoms with Gasteiger partial charge in [-0.1, -0.05) is 0 Å². The minimum absolute atomic E-state index is 0.484. The van der Waals surface area contributed by atoms with E-state index in [-0.39, 0.29) is 0 Å². The van der Waals surface area contributed by atoms with Crippen molar-refractivity contribution in [3.8, 4) is 0 Å². The molecule has 2 rings (SSSR count). The van der Waals surface area contributed by atoms with Gasteiger partial charge in [0, 0.05) is 11.5 Å². The highest BCUT2D eigenvalue weighted by Gasteiger charge is 2.95. The molecule has 0 aliphatic heterocycles. The molecule has 2 aliphatic carbocycles. The quantitative estimate of drug-likeness (QED) is 0.152. The summed E-state index contributed by atoms with van der Waals surface area (Å²) in [6, 6.07) is 0. The molecule has 1 fully saturated rings. The van der Waals surface area contributed by atoms with Gasteiger partial charge in [-0.25, -0.2) is 0 Å². The number of carboxylic acids is 1. The summed E-state index contributed by atoms with van der Waals surface area (Å²) in [6.45, 7) is 0. The molecule has 0 saturated heterocycles. The number of rotatable bonds is 9. The van der Waals surface area contributed by atoms with Gasteiger partial charge in [-0.05, 0) is 56.5 Å². The molecule has 20 heteroatoms. The summed E-state index contributed by atoms with van der Waals surface area (Å²) in [7, 11) is 0. The van der Waals surface area contributed by atoms with Crippen molar-refractivity contribution in [2.45, 2.75) is 59.7 Å². The van der Waals surface area contributed by atoms with Crippen LogP contribution in [0.15, 0.2) is 9.15 Å². The standard InChI is InChI=1S/C16H8ClF16IO2/c17-16(32,33)15(30,31)14(28,29)13(26,27)12(24,25)11(22,23)10(20,21)9(18,19)6-4-1-3(7(6)34)2-5(4)8(35)36/h3-5H,1-2H2,(H,35,36)/t3-,4+,5-/m0/s1. The molecule has 36 heavy (non-hydrogen) atoms. The first-order chi connectivity index (χ1) is 15.6. The average Bonchev–Trinajstić information content (AvgIpc) is 3.24. The molecule has 0 unspecified atom stereocenters. The third-order valence-electron chi connectivity index (χ3n) is 5.93. The van der Waals surface area contributed by atoms with Gasteiger partial charge in [0.25, 0.3) is 0 Å². The maximum absolute atomic E-state index is 14.6. The van der Waals surface area contributed by atoms with Crippen LogP contribution in [0, 0.1) is 17.8 Å². The summed E-state index contributed by atoms with van der Waals surface area (Å²) < 4.78 is 218. The maximum Gasteiger partial charge on any atom is 0.393 e. The molecule has 1 saturated carbocycles. The summed E-state index contributed by atoms with van der Waals surface area (Å²) in [5.74, 6) is -63.2. The van der Waals surface area contributed by atoms with Gasteiger partial charge >= 0.3 is 52.8 Å². The molecule has 1 N–H and O–H groups in total. The number of allylic oxidation sites excluding steroid dienone is 2. The summed E-state index contributed by atoms with van der Waals surface area (Å²) in [5.41, 5.74) is -2.18. The van der Waals surface area contributed by atoms with Crippen molar-refractivity contribution in [3.63, 3.8) is 0 Å². The van der Waals surface area contributed by atoms with E-state index in [2.05, 4.69) is 11.6 Å². The van der Waals surface area contributed by atoms with Gasteiger partial charge in [-0.2, -0.15) is 70.2 Å². The Morgan fingerprint density at radius 2 is 1.06 bits per heavy atom. The molecule has 0 amide bonds. The molecule has 0 aromatic carbocycles. The van der Waals surface area contributed by atoms with Gasteiger partial charge < -0.3 is 5.11 Å². The van der Waals surface area contributed by atoms with Crippen molar-refractivity contribution in [3.05, 3.63) is 9.15 Å². The average molecular weight is 699 g/mol. The molecule has 0 aromatic heterocycles. The van der Waals surface area contributed by atoms with Gasteiger partial charge in [0.15, 0.2) is 0 Å². The highest BCUT2D eigenvalue weighted by Crippen LogP contribution is 2.67. The predicted molar refractivity (Wildman–Crippen MR) is 93.8 cm³/mol. The van der Waals surface area contributed by atoms with Crippen LogP contribution in [0.2, 0.25) is 0 Å². The molecule has 0 spiro atoms. The van der Waals surface area contributed by atoms with E-state index in [0.717, 1.165) is 22.6 Å². The SMILES string of the molecule is O=C(O)[C@H]1C[C@@H]2C[C@H]1C(C(F)(F)C(F)(F)C(F)(F)C(F)(F)C(F)(F)C(F)(F)C(F)(F)C(F)(F)Cl)=C2I. The number of hydrogen-bond donors (Lipinski definition) is 1. The van der Waals surface area contributed by atoms with Crippen LogP contribution in [0.5, 0.6) is 0 Å². The second kappa shape index (κ2) is 8.30. The second-order valence-corrected chi connectivity index (χ2v) is 9.64. The zero-order chi connectivity index (χ0) is 28.9. The summed E-state index contributed by atoms with van der Waals surface area (Å²) in [4.78, 5) is 11.1. The lowest BCUT2D eigenvalue weighted by atomic mass is 9.80. The number of fused-ring (bicyclic) bond motifs is 2. The summed E-state index contributed by atoms with van der Waals surface area (Å²) in [5, 5.41) is 2.14. The van der Waals surface area contributed by atoms with E-state index >= 15 is 0 Å². The normalized spacial score (nSPS) is 25.1. The number of hydrogen-bond acceptors (Lipinski definition) is 1. The van der Waals surface area contributed by atoms with E-state index < -0.39 is 92.6 Å². The van der Waals surface area contributed by atoms with Crippen molar-refractivity contribution in [1.29, 1.82) is 0 Å². The molecule has 2 aliphatic rings. The topological polar surface area (TPSA) is 37.3 Å². The van der Waals surface area contributed by atoms with Crippen molar-refractivity contribution in [2.24, 2.45) is 17.8 Å². The first-order valence-corrected chi connectivity index (χ1v) is 10.4. The van der Waals surface area contributed by atoms with Crippen LogP contribution in [0.25, 0.3) is 0 Å². The van der Waals surface area contributed by atoms with Crippen LogP contribution in [0.3, 0.4) is 0 Å². The van der Waals surface area contributed by atoms with Crippen molar-refractivity contribution in [1.82, 2.24) is 0 Å². The smallest absolute Gasteiger partial charge is 0.393 e. The Bertz CT molecular complexity index is 956. The Hall–Kier alpha value is -0.890. The number of carboxylic acid groups (broad SMARTS) is 1. The zero-order valence-electron chi connectivity index (χ0n) is 16.3. The number of aliphatic carboxylic acids is 1. The van der Waals surface area contributed by atoms with Gasteiger partial charge in [0.2, 0.25) is 0 Å². The third-order valence-corrected chi connectivity index (χ3v) is 7.63. The fourth-order valence-electron chi connectivity index (χ4n) is 3.95. The van der Waals surface area contributed by atoms with Gasteiger partial charge in [-0.3, -0.25) is 4.79 Å². The largest absolute Gasteiger partial charge is 0.481 e. The first-order valence-electron chi connectivity index (χ1n) is 8.91. The fourth-order valence-corrected chi connectivity index (χ4v) is 5.32. The monoisotopic (exact) mass is 698 g/mol. The minimum atomic E-state index is -8.54. The van der Waals surface area contributed by atoms with Crippen molar-refractivity contribution < 1.29 is 80.1 Å². The molecule has 210 valence electrons. The number of halogens is 18. The van der Waals surface area contributed by atoms with E-state index in [1.54, 1.807) is 0 Å². The molecular formula is C16H8ClF16IO2.